The summed E-state index contributed by atoms with van der Waals surface area (Å²) in [4.78, 5) is 28.6. The van der Waals surface area contributed by atoms with E-state index in [9.17, 15) is 9.18 Å². The van der Waals surface area contributed by atoms with Gasteiger partial charge in [-0.25, -0.2) is 14.4 Å². The van der Waals surface area contributed by atoms with E-state index in [1.807, 2.05) is 25.2 Å². The van der Waals surface area contributed by atoms with Crippen LogP contribution in [0.3, 0.4) is 0 Å². The molecule has 4 aromatic rings. The highest BCUT2D eigenvalue weighted by atomic mass is 19.1. The summed E-state index contributed by atoms with van der Waals surface area (Å²) in [6.07, 6.45) is 5.18. The first-order chi connectivity index (χ1) is 16.0. The van der Waals surface area contributed by atoms with E-state index in [1.54, 1.807) is 36.4 Å². The quantitative estimate of drug-likeness (QED) is 0.486. The third-order valence-corrected chi connectivity index (χ3v) is 6.18. The summed E-state index contributed by atoms with van der Waals surface area (Å²) in [5, 5.41) is 3.73. The molecule has 0 aliphatic carbocycles. The minimum Gasteiger partial charge on any atom is -0.448 e. The molecule has 5 rings (SSSR count). The minimum absolute atomic E-state index is 0.0554. The van der Waals surface area contributed by atoms with Gasteiger partial charge in [0.05, 0.1) is 5.69 Å². The van der Waals surface area contributed by atoms with Crippen molar-refractivity contribution in [2.45, 2.75) is 25.7 Å². The standard InChI is InChI=1S/C25H24FN5O2/c1-15-18-6-3-7-19(26)23(18)33-22(15)25(32)31-12-4-5-17(14-31)20-13-21(27-2)30-24(29-20)16-8-10-28-11-9-16/h3,6-11,13,17H,4-5,12,14H2,1-2H3,(H,27,29,30). The maximum atomic E-state index is 14.2. The van der Waals surface area contributed by atoms with Gasteiger partial charge in [0.25, 0.3) is 5.91 Å². The number of para-hydroxylation sites is 1. The maximum Gasteiger partial charge on any atom is 0.289 e. The van der Waals surface area contributed by atoms with Gasteiger partial charge in [-0.1, -0.05) is 12.1 Å². The van der Waals surface area contributed by atoms with Gasteiger partial charge in [-0.15, -0.1) is 0 Å². The number of hydrogen-bond acceptors (Lipinski definition) is 6. The molecule has 33 heavy (non-hydrogen) atoms. The molecule has 8 heteroatoms. The number of pyridine rings is 1. The molecule has 0 bridgehead atoms. The second-order valence-corrected chi connectivity index (χ2v) is 8.25. The molecule has 168 valence electrons. The van der Waals surface area contributed by atoms with Gasteiger partial charge in [-0.05, 0) is 38.0 Å². The molecule has 4 heterocycles. The SMILES string of the molecule is CNc1cc(C2CCCN(C(=O)c3oc4c(F)cccc4c3C)C2)nc(-c2ccncc2)n1. The zero-order valence-corrected chi connectivity index (χ0v) is 18.5. The number of piperidine rings is 1. The smallest absolute Gasteiger partial charge is 0.289 e. The van der Waals surface area contributed by atoms with Gasteiger partial charge >= 0.3 is 0 Å². The van der Waals surface area contributed by atoms with Crippen LogP contribution < -0.4 is 5.32 Å². The van der Waals surface area contributed by atoms with E-state index in [1.165, 1.54) is 6.07 Å². The highest BCUT2D eigenvalue weighted by molar-refractivity contribution is 5.99. The van der Waals surface area contributed by atoms with E-state index in [0.717, 1.165) is 29.9 Å². The van der Waals surface area contributed by atoms with Crippen molar-refractivity contribution in [2.75, 3.05) is 25.5 Å². The predicted octanol–water partition coefficient (Wildman–Crippen LogP) is 4.79. The number of likely N-dealkylation sites (tertiary alicyclic amines) is 1. The van der Waals surface area contributed by atoms with Crippen LogP contribution in [0.25, 0.3) is 22.4 Å². The number of carbonyl (C=O) groups is 1. The van der Waals surface area contributed by atoms with Crippen LogP contribution in [0.4, 0.5) is 10.2 Å². The first-order valence-electron chi connectivity index (χ1n) is 11.0. The molecule has 0 spiro atoms. The van der Waals surface area contributed by atoms with Gasteiger partial charge in [0, 0.05) is 61.0 Å². The van der Waals surface area contributed by atoms with Gasteiger partial charge in [0.15, 0.2) is 23.0 Å². The lowest BCUT2D eigenvalue weighted by molar-refractivity contribution is 0.0675. The third kappa shape index (κ3) is 3.92. The number of amides is 1. The number of nitrogens with one attached hydrogen (secondary N) is 1. The van der Waals surface area contributed by atoms with Gasteiger partial charge in [-0.2, -0.15) is 0 Å². The summed E-state index contributed by atoms with van der Waals surface area (Å²) in [6, 6.07) is 10.4. The first kappa shape index (κ1) is 21.1. The van der Waals surface area contributed by atoms with E-state index >= 15 is 0 Å². The van der Waals surface area contributed by atoms with Crippen molar-refractivity contribution in [1.82, 2.24) is 19.9 Å². The monoisotopic (exact) mass is 445 g/mol. The van der Waals surface area contributed by atoms with Crippen molar-refractivity contribution < 1.29 is 13.6 Å². The third-order valence-electron chi connectivity index (χ3n) is 6.18. The minimum atomic E-state index is -0.463. The molecule has 0 saturated carbocycles. The molecule has 1 aliphatic heterocycles. The van der Waals surface area contributed by atoms with Gasteiger partial charge < -0.3 is 14.6 Å². The average molecular weight is 445 g/mol. The van der Waals surface area contributed by atoms with Crippen LogP contribution in [0.5, 0.6) is 0 Å². The maximum absolute atomic E-state index is 14.2. The van der Waals surface area contributed by atoms with Crippen LogP contribution >= 0.6 is 0 Å². The molecule has 1 N–H and O–H groups in total. The number of halogens is 1. The average Bonchev–Trinajstić information content (AvgIpc) is 3.21. The number of fused-ring (bicyclic) bond motifs is 1. The molecular formula is C25H24FN5O2. The van der Waals surface area contributed by atoms with Crippen molar-refractivity contribution in [2.24, 2.45) is 0 Å². The fourth-order valence-electron chi connectivity index (χ4n) is 4.39. The van der Waals surface area contributed by atoms with E-state index in [-0.39, 0.29) is 23.2 Å². The van der Waals surface area contributed by atoms with E-state index < -0.39 is 5.82 Å². The molecule has 1 saturated heterocycles. The second-order valence-electron chi connectivity index (χ2n) is 8.25. The Hall–Kier alpha value is -3.81. The summed E-state index contributed by atoms with van der Waals surface area (Å²) in [5.41, 5.74) is 2.55. The van der Waals surface area contributed by atoms with Crippen LogP contribution in [0.15, 0.2) is 53.2 Å². The number of anilines is 1. The Bertz CT molecular complexity index is 1320. The molecule has 1 atom stereocenters. The number of hydrogen-bond donors (Lipinski definition) is 1. The van der Waals surface area contributed by atoms with Crippen LogP contribution in [-0.2, 0) is 0 Å². The predicted molar refractivity (Wildman–Crippen MR) is 124 cm³/mol. The number of aryl methyl sites for hydroxylation is 1. The number of nitrogens with zero attached hydrogens (tertiary/aromatic N) is 4. The number of aromatic nitrogens is 3. The Kier molecular flexibility index (Phi) is 5.50. The molecule has 1 unspecified atom stereocenters. The molecular weight excluding hydrogens is 421 g/mol. The zero-order chi connectivity index (χ0) is 22.9. The van der Waals surface area contributed by atoms with Crippen molar-refractivity contribution in [3.8, 4) is 11.4 Å². The molecule has 7 nitrogen and oxygen atoms in total. The number of carbonyl (C=O) groups excluding carboxylic acids is 1. The molecule has 1 aromatic carbocycles. The van der Waals surface area contributed by atoms with Crippen LogP contribution in [0, 0.1) is 12.7 Å². The first-order valence-corrected chi connectivity index (χ1v) is 11.0. The largest absolute Gasteiger partial charge is 0.448 e. The van der Waals surface area contributed by atoms with Gasteiger partial charge in [0.2, 0.25) is 0 Å². The van der Waals surface area contributed by atoms with Gasteiger partial charge in [0.1, 0.15) is 5.82 Å². The Labute approximate surface area is 190 Å². The normalized spacial score (nSPS) is 16.2. The van der Waals surface area contributed by atoms with Crippen LogP contribution in [0.2, 0.25) is 0 Å². The Morgan fingerprint density at radius 2 is 2.03 bits per heavy atom. The fourth-order valence-corrected chi connectivity index (χ4v) is 4.39. The Morgan fingerprint density at radius 3 is 2.79 bits per heavy atom. The highest BCUT2D eigenvalue weighted by Crippen LogP contribution is 2.32. The molecule has 1 fully saturated rings. The molecule has 1 amide bonds. The summed E-state index contributed by atoms with van der Waals surface area (Å²) in [7, 11) is 1.82. The molecule has 3 aromatic heterocycles. The number of rotatable bonds is 4. The zero-order valence-electron chi connectivity index (χ0n) is 18.5. The van der Waals surface area contributed by atoms with Crippen LogP contribution in [0.1, 0.15) is 40.6 Å². The molecule has 0 radical (unpaired) electrons. The lowest BCUT2D eigenvalue weighted by Crippen LogP contribution is -2.39. The second kappa shape index (κ2) is 8.61. The number of benzene rings is 1. The van der Waals surface area contributed by atoms with Crippen molar-refractivity contribution in [1.29, 1.82) is 0 Å². The summed E-state index contributed by atoms with van der Waals surface area (Å²) in [6.45, 7) is 2.92. The summed E-state index contributed by atoms with van der Waals surface area (Å²) in [5.74, 6) is 0.914. The van der Waals surface area contributed by atoms with E-state index in [2.05, 4.69) is 15.3 Å². The Balaban J connectivity index is 1.44. The van der Waals surface area contributed by atoms with Crippen LogP contribution in [-0.4, -0.2) is 45.9 Å². The van der Waals surface area contributed by atoms with Crippen molar-refractivity contribution in [3.05, 3.63) is 71.6 Å². The molecule has 1 aliphatic rings. The number of furan rings is 1. The Morgan fingerprint density at radius 1 is 1.21 bits per heavy atom. The van der Waals surface area contributed by atoms with E-state index in [0.29, 0.717) is 29.9 Å². The fraction of sp³-hybridized carbons (Fsp3) is 0.280. The van der Waals surface area contributed by atoms with Gasteiger partial charge in [-0.3, -0.25) is 9.78 Å². The highest BCUT2D eigenvalue weighted by Gasteiger charge is 2.30. The lowest BCUT2D eigenvalue weighted by Gasteiger charge is -2.32. The topological polar surface area (TPSA) is 84.2 Å². The van der Waals surface area contributed by atoms with E-state index in [4.69, 9.17) is 9.40 Å². The van der Waals surface area contributed by atoms with Crippen molar-refractivity contribution >= 4 is 22.7 Å². The van der Waals surface area contributed by atoms with Crippen molar-refractivity contribution in [3.63, 3.8) is 0 Å². The summed E-state index contributed by atoms with van der Waals surface area (Å²) < 4.78 is 19.9. The summed E-state index contributed by atoms with van der Waals surface area (Å²) >= 11 is 0. The lowest BCUT2D eigenvalue weighted by atomic mass is 9.94.